The summed E-state index contributed by atoms with van der Waals surface area (Å²) in [7, 11) is 0. The Bertz CT molecular complexity index is 406. The van der Waals surface area contributed by atoms with E-state index in [0.717, 1.165) is 12.8 Å². The average Bonchev–Trinajstić information content (AvgIpc) is 3.10. The van der Waals surface area contributed by atoms with Gasteiger partial charge in [0.1, 0.15) is 24.5 Å². The van der Waals surface area contributed by atoms with E-state index >= 15 is 0 Å². The Morgan fingerprint density at radius 3 is 2.94 bits per heavy atom. The van der Waals surface area contributed by atoms with E-state index in [4.69, 9.17) is 10.5 Å². The number of rotatable bonds is 5. The second-order valence-electron chi connectivity index (χ2n) is 3.97. The minimum atomic E-state index is -0.239. The van der Waals surface area contributed by atoms with Crippen molar-refractivity contribution in [2.75, 3.05) is 23.8 Å². The quantitative estimate of drug-likeness (QED) is 0.753. The molecule has 1 saturated carbocycles. The zero-order valence-corrected chi connectivity index (χ0v) is 9.80. The zero-order valence-electron chi connectivity index (χ0n) is 9.80. The fourth-order valence-corrected chi connectivity index (χ4v) is 1.65. The summed E-state index contributed by atoms with van der Waals surface area (Å²) in [5, 5.41) is 0. The molecule has 1 aromatic heterocycles. The lowest BCUT2D eigenvalue weighted by molar-refractivity contribution is -0.141. The van der Waals surface area contributed by atoms with E-state index in [0.29, 0.717) is 24.3 Å². The van der Waals surface area contributed by atoms with Crippen LogP contribution in [0.3, 0.4) is 0 Å². The maximum Gasteiger partial charge on any atom is 0.325 e. The van der Waals surface area contributed by atoms with E-state index in [9.17, 15) is 4.79 Å². The molecule has 0 aliphatic heterocycles. The van der Waals surface area contributed by atoms with Crippen LogP contribution in [-0.4, -0.2) is 35.1 Å². The van der Waals surface area contributed by atoms with Crippen molar-refractivity contribution < 1.29 is 9.53 Å². The smallest absolute Gasteiger partial charge is 0.325 e. The zero-order chi connectivity index (χ0) is 12.3. The molecule has 0 atom stereocenters. The highest BCUT2D eigenvalue weighted by molar-refractivity contribution is 5.76. The Balaban J connectivity index is 2.09. The van der Waals surface area contributed by atoms with E-state index in [2.05, 4.69) is 9.97 Å². The van der Waals surface area contributed by atoms with E-state index in [1.165, 1.54) is 6.33 Å². The maximum absolute atomic E-state index is 11.5. The highest BCUT2D eigenvalue weighted by atomic mass is 16.5. The maximum atomic E-state index is 11.5. The number of nitrogens with two attached hydrogens (primary N) is 1. The molecule has 0 amide bonds. The molecule has 1 fully saturated rings. The largest absolute Gasteiger partial charge is 0.465 e. The monoisotopic (exact) mass is 236 g/mol. The van der Waals surface area contributed by atoms with Crippen molar-refractivity contribution in [1.82, 2.24) is 9.97 Å². The van der Waals surface area contributed by atoms with Crippen LogP contribution in [0.15, 0.2) is 12.4 Å². The number of nitrogens with zero attached hydrogens (tertiary/aromatic N) is 3. The van der Waals surface area contributed by atoms with Gasteiger partial charge >= 0.3 is 5.97 Å². The molecule has 2 rings (SSSR count). The standard InChI is InChI=1S/C11H16N4O2/c1-2-17-11(16)6-15(8-3-4-8)10-5-9(12)13-7-14-10/h5,7-8H,2-4,6H2,1H3,(H2,12,13,14). The second kappa shape index (κ2) is 4.99. The highest BCUT2D eigenvalue weighted by Gasteiger charge is 2.31. The van der Waals surface area contributed by atoms with Crippen LogP contribution in [0, 0.1) is 0 Å². The first kappa shape index (κ1) is 11.6. The van der Waals surface area contributed by atoms with Gasteiger partial charge in [-0.2, -0.15) is 0 Å². The van der Waals surface area contributed by atoms with Gasteiger partial charge in [-0.25, -0.2) is 9.97 Å². The molecule has 0 bridgehead atoms. The minimum Gasteiger partial charge on any atom is -0.465 e. The van der Waals surface area contributed by atoms with Gasteiger partial charge in [0.2, 0.25) is 0 Å². The average molecular weight is 236 g/mol. The third-order valence-electron chi connectivity index (χ3n) is 2.56. The topological polar surface area (TPSA) is 81.3 Å². The summed E-state index contributed by atoms with van der Waals surface area (Å²) in [6.07, 6.45) is 3.55. The Kier molecular flexibility index (Phi) is 3.41. The molecule has 0 aromatic carbocycles. The van der Waals surface area contributed by atoms with E-state index in [1.807, 2.05) is 4.90 Å². The fourth-order valence-electron chi connectivity index (χ4n) is 1.65. The molecular formula is C11H16N4O2. The van der Waals surface area contributed by atoms with Gasteiger partial charge in [0.25, 0.3) is 0 Å². The van der Waals surface area contributed by atoms with Crippen molar-refractivity contribution in [3.05, 3.63) is 12.4 Å². The third-order valence-corrected chi connectivity index (χ3v) is 2.56. The van der Waals surface area contributed by atoms with E-state index < -0.39 is 0 Å². The Hall–Kier alpha value is -1.85. The molecule has 0 spiro atoms. The molecule has 1 aliphatic rings. The number of aromatic nitrogens is 2. The number of anilines is 2. The van der Waals surface area contributed by atoms with Gasteiger partial charge in [0.15, 0.2) is 0 Å². The fraction of sp³-hybridized carbons (Fsp3) is 0.545. The summed E-state index contributed by atoms with van der Waals surface area (Å²) < 4.78 is 4.95. The van der Waals surface area contributed by atoms with Crippen LogP contribution < -0.4 is 10.6 Å². The first-order valence-electron chi connectivity index (χ1n) is 5.70. The first-order chi connectivity index (χ1) is 8.20. The van der Waals surface area contributed by atoms with Crippen molar-refractivity contribution in [3.63, 3.8) is 0 Å². The van der Waals surface area contributed by atoms with Crippen LogP contribution >= 0.6 is 0 Å². The van der Waals surface area contributed by atoms with Crippen LogP contribution in [0.2, 0.25) is 0 Å². The van der Waals surface area contributed by atoms with Gasteiger partial charge in [-0.1, -0.05) is 0 Å². The van der Waals surface area contributed by atoms with Gasteiger partial charge in [-0.3, -0.25) is 4.79 Å². The van der Waals surface area contributed by atoms with Crippen LogP contribution in [0.5, 0.6) is 0 Å². The molecule has 92 valence electrons. The summed E-state index contributed by atoms with van der Waals surface area (Å²) in [6, 6.07) is 2.05. The molecule has 2 N–H and O–H groups in total. The SMILES string of the molecule is CCOC(=O)CN(c1cc(N)ncn1)C1CC1. The number of esters is 1. The normalized spacial score (nSPS) is 14.4. The molecule has 6 nitrogen and oxygen atoms in total. The summed E-state index contributed by atoms with van der Waals surface area (Å²) in [5.41, 5.74) is 5.61. The highest BCUT2D eigenvalue weighted by Crippen LogP contribution is 2.30. The van der Waals surface area contributed by atoms with E-state index in [1.54, 1.807) is 13.0 Å². The molecule has 0 radical (unpaired) electrons. The number of ether oxygens (including phenoxy) is 1. The van der Waals surface area contributed by atoms with Crippen molar-refractivity contribution in [1.29, 1.82) is 0 Å². The van der Waals surface area contributed by atoms with Gasteiger partial charge in [-0.15, -0.1) is 0 Å². The number of hydrogen-bond acceptors (Lipinski definition) is 6. The molecule has 1 aliphatic carbocycles. The molecule has 1 aromatic rings. The summed E-state index contributed by atoms with van der Waals surface area (Å²) in [6.45, 7) is 2.40. The summed E-state index contributed by atoms with van der Waals surface area (Å²) in [4.78, 5) is 21.4. The molecule has 6 heteroatoms. The summed E-state index contributed by atoms with van der Waals surface area (Å²) in [5.74, 6) is 0.856. The third kappa shape index (κ3) is 3.05. The van der Waals surface area contributed by atoms with Crippen LogP contribution in [-0.2, 0) is 9.53 Å². The molecule has 1 heterocycles. The lowest BCUT2D eigenvalue weighted by Gasteiger charge is -2.22. The minimum absolute atomic E-state index is 0.217. The number of nitrogen functional groups attached to an aromatic ring is 1. The lowest BCUT2D eigenvalue weighted by Crippen LogP contribution is -2.33. The predicted molar refractivity (Wildman–Crippen MR) is 63.4 cm³/mol. The Labute approximate surface area is 99.8 Å². The van der Waals surface area contributed by atoms with Crippen molar-refractivity contribution in [2.45, 2.75) is 25.8 Å². The van der Waals surface area contributed by atoms with Crippen LogP contribution in [0.1, 0.15) is 19.8 Å². The van der Waals surface area contributed by atoms with Gasteiger partial charge in [0, 0.05) is 12.1 Å². The van der Waals surface area contributed by atoms with Gasteiger partial charge < -0.3 is 15.4 Å². The van der Waals surface area contributed by atoms with Gasteiger partial charge in [0.05, 0.1) is 6.61 Å². The first-order valence-corrected chi connectivity index (χ1v) is 5.70. The van der Waals surface area contributed by atoms with Crippen molar-refractivity contribution >= 4 is 17.6 Å². The van der Waals surface area contributed by atoms with E-state index in [-0.39, 0.29) is 12.5 Å². The van der Waals surface area contributed by atoms with Crippen LogP contribution in [0.25, 0.3) is 0 Å². The van der Waals surface area contributed by atoms with Crippen molar-refractivity contribution in [2.24, 2.45) is 0 Å². The summed E-state index contributed by atoms with van der Waals surface area (Å²) >= 11 is 0. The Morgan fingerprint density at radius 1 is 1.59 bits per heavy atom. The molecule has 0 unspecified atom stereocenters. The van der Waals surface area contributed by atoms with Crippen LogP contribution in [0.4, 0.5) is 11.6 Å². The number of hydrogen-bond donors (Lipinski definition) is 1. The number of carbonyl (C=O) groups is 1. The predicted octanol–water partition coefficient (Wildman–Crippen LogP) is 0.591. The lowest BCUT2D eigenvalue weighted by atomic mass is 10.4. The van der Waals surface area contributed by atoms with Crippen molar-refractivity contribution in [3.8, 4) is 0 Å². The van der Waals surface area contributed by atoms with Gasteiger partial charge in [-0.05, 0) is 19.8 Å². The Morgan fingerprint density at radius 2 is 2.35 bits per heavy atom. The molecule has 17 heavy (non-hydrogen) atoms. The number of carbonyl (C=O) groups excluding carboxylic acids is 1. The molecule has 0 saturated heterocycles. The second-order valence-corrected chi connectivity index (χ2v) is 3.97. The molecular weight excluding hydrogens is 220 g/mol.